The second-order valence-corrected chi connectivity index (χ2v) is 6.54. The molecule has 2 aliphatic rings. The zero-order valence-electron chi connectivity index (χ0n) is 16.1. The van der Waals surface area contributed by atoms with Crippen molar-refractivity contribution in [2.24, 2.45) is 0 Å². The molecule has 29 heavy (non-hydrogen) atoms. The van der Waals surface area contributed by atoms with Gasteiger partial charge in [0.2, 0.25) is 5.91 Å². The fourth-order valence-electron chi connectivity index (χ4n) is 3.01. The number of carboxylic acid groups (broad SMARTS) is 2. The lowest BCUT2D eigenvalue weighted by Crippen LogP contribution is -2.37. The number of hydrogen-bond acceptors (Lipinski definition) is 7. The Kier molecular flexibility index (Phi) is 9.35. The maximum Gasteiger partial charge on any atom is 0.414 e. The monoisotopic (exact) mass is 409 g/mol. The van der Waals surface area contributed by atoms with Gasteiger partial charge >= 0.3 is 11.9 Å². The van der Waals surface area contributed by atoms with Gasteiger partial charge in [-0.25, -0.2) is 9.59 Å². The summed E-state index contributed by atoms with van der Waals surface area (Å²) >= 11 is 0. The fourth-order valence-corrected chi connectivity index (χ4v) is 3.01. The highest BCUT2D eigenvalue weighted by atomic mass is 16.5. The number of nitrogens with zero attached hydrogens (tertiary/aromatic N) is 1. The Labute approximate surface area is 168 Å². The molecule has 2 aliphatic heterocycles. The maximum absolute atomic E-state index is 12.2. The Bertz CT molecular complexity index is 674. The molecule has 0 aliphatic carbocycles. The number of nitrogens with one attached hydrogen (secondary N) is 2. The molecule has 2 fully saturated rings. The minimum absolute atomic E-state index is 0.0243. The van der Waals surface area contributed by atoms with Crippen LogP contribution < -0.4 is 15.5 Å². The second kappa shape index (κ2) is 12.0. The third-order valence-corrected chi connectivity index (χ3v) is 4.39. The SMILES string of the molecule is O=C(CNCC1CCCO1)Nc1ccccc1N1CCOCC1.O=C(O)C(=O)O. The van der Waals surface area contributed by atoms with E-state index < -0.39 is 11.9 Å². The smallest absolute Gasteiger partial charge is 0.414 e. The molecule has 3 rings (SSSR count). The predicted molar refractivity (Wildman–Crippen MR) is 105 cm³/mol. The number of hydrogen-bond donors (Lipinski definition) is 4. The number of ether oxygens (including phenoxy) is 2. The molecule has 160 valence electrons. The molecular weight excluding hydrogens is 382 g/mol. The van der Waals surface area contributed by atoms with E-state index in [0.29, 0.717) is 6.54 Å². The van der Waals surface area contributed by atoms with Gasteiger partial charge < -0.3 is 35.2 Å². The highest BCUT2D eigenvalue weighted by molar-refractivity contribution is 6.27. The lowest BCUT2D eigenvalue weighted by Gasteiger charge is -2.30. The van der Waals surface area contributed by atoms with Gasteiger partial charge in [-0.3, -0.25) is 4.79 Å². The Balaban J connectivity index is 0.000000438. The average Bonchev–Trinajstić information content (AvgIpc) is 3.23. The van der Waals surface area contributed by atoms with Gasteiger partial charge in [0.1, 0.15) is 0 Å². The second-order valence-electron chi connectivity index (χ2n) is 6.54. The van der Waals surface area contributed by atoms with Crippen molar-refractivity contribution in [1.82, 2.24) is 5.32 Å². The van der Waals surface area contributed by atoms with Gasteiger partial charge in [0.15, 0.2) is 0 Å². The third kappa shape index (κ3) is 8.06. The Hall–Kier alpha value is -2.69. The van der Waals surface area contributed by atoms with Crippen LogP contribution in [-0.4, -0.2) is 80.2 Å². The molecule has 0 saturated carbocycles. The van der Waals surface area contributed by atoms with Gasteiger partial charge in [0.25, 0.3) is 0 Å². The van der Waals surface area contributed by atoms with Crippen LogP contribution in [0.5, 0.6) is 0 Å². The molecule has 10 nitrogen and oxygen atoms in total. The van der Waals surface area contributed by atoms with Crippen LogP contribution in [0.4, 0.5) is 11.4 Å². The van der Waals surface area contributed by atoms with E-state index in [-0.39, 0.29) is 12.0 Å². The number of morpholine rings is 1. The van der Waals surface area contributed by atoms with Crippen molar-refractivity contribution in [3.8, 4) is 0 Å². The topological polar surface area (TPSA) is 137 Å². The number of rotatable bonds is 6. The summed E-state index contributed by atoms with van der Waals surface area (Å²) in [6.45, 7) is 5.03. The van der Waals surface area contributed by atoms with Gasteiger partial charge in [-0.05, 0) is 25.0 Å². The van der Waals surface area contributed by atoms with Gasteiger partial charge in [-0.2, -0.15) is 0 Å². The molecular formula is C19H27N3O7. The van der Waals surface area contributed by atoms with Gasteiger partial charge in [0, 0.05) is 26.2 Å². The molecule has 1 aromatic rings. The van der Waals surface area contributed by atoms with Crippen LogP contribution >= 0.6 is 0 Å². The summed E-state index contributed by atoms with van der Waals surface area (Å²) in [5.74, 6) is -3.67. The molecule has 1 atom stereocenters. The van der Waals surface area contributed by atoms with Crippen LogP contribution in [0.2, 0.25) is 0 Å². The summed E-state index contributed by atoms with van der Waals surface area (Å²) in [6, 6.07) is 7.93. The number of para-hydroxylation sites is 2. The van der Waals surface area contributed by atoms with Crippen molar-refractivity contribution in [3.63, 3.8) is 0 Å². The Morgan fingerprint density at radius 3 is 2.38 bits per heavy atom. The molecule has 10 heteroatoms. The van der Waals surface area contributed by atoms with Crippen molar-refractivity contribution in [2.75, 3.05) is 56.2 Å². The quantitative estimate of drug-likeness (QED) is 0.492. The number of carbonyl (C=O) groups excluding carboxylic acids is 1. The van der Waals surface area contributed by atoms with Crippen molar-refractivity contribution in [3.05, 3.63) is 24.3 Å². The van der Waals surface area contributed by atoms with E-state index in [9.17, 15) is 4.79 Å². The maximum atomic E-state index is 12.2. The highest BCUT2D eigenvalue weighted by Gasteiger charge is 2.17. The molecule has 0 spiro atoms. The predicted octanol–water partition coefficient (Wildman–Crippen LogP) is 0.386. The van der Waals surface area contributed by atoms with Crippen LogP contribution in [-0.2, 0) is 23.9 Å². The van der Waals surface area contributed by atoms with Crippen LogP contribution in [0.1, 0.15) is 12.8 Å². The normalized spacial score (nSPS) is 18.5. The largest absolute Gasteiger partial charge is 0.473 e. The minimum atomic E-state index is -1.82. The molecule has 1 aromatic carbocycles. The summed E-state index contributed by atoms with van der Waals surface area (Å²) in [4.78, 5) is 32.6. The van der Waals surface area contributed by atoms with Crippen LogP contribution in [0.25, 0.3) is 0 Å². The van der Waals surface area contributed by atoms with Gasteiger partial charge in [-0.1, -0.05) is 12.1 Å². The van der Waals surface area contributed by atoms with Crippen LogP contribution in [0, 0.1) is 0 Å². The van der Waals surface area contributed by atoms with Crippen molar-refractivity contribution in [2.45, 2.75) is 18.9 Å². The summed E-state index contributed by atoms with van der Waals surface area (Å²) in [5, 5.41) is 21.0. The molecule has 0 bridgehead atoms. The fraction of sp³-hybridized carbons (Fsp3) is 0.526. The Morgan fingerprint density at radius 1 is 1.07 bits per heavy atom. The molecule has 1 unspecified atom stereocenters. The molecule has 2 saturated heterocycles. The van der Waals surface area contributed by atoms with Gasteiger partial charge in [-0.15, -0.1) is 0 Å². The first-order chi connectivity index (χ1) is 14.0. The highest BCUT2D eigenvalue weighted by Crippen LogP contribution is 2.26. The number of carboxylic acids is 2. The van der Waals surface area contributed by atoms with Crippen LogP contribution in [0.3, 0.4) is 0 Å². The van der Waals surface area contributed by atoms with Crippen molar-refractivity contribution in [1.29, 1.82) is 0 Å². The van der Waals surface area contributed by atoms with E-state index in [4.69, 9.17) is 29.3 Å². The zero-order chi connectivity index (χ0) is 21.1. The first-order valence-electron chi connectivity index (χ1n) is 9.47. The summed E-state index contributed by atoms with van der Waals surface area (Å²) in [7, 11) is 0. The number of anilines is 2. The summed E-state index contributed by atoms with van der Waals surface area (Å²) < 4.78 is 10.9. The molecule has 1 amide bonds. The summed E-state index contributed by atoms with van der Waals surface area (Å²) in [5.41, 5.74) is 1.92. The van der Waals surface area contributed by atoms with Crippen LogP contribution in [0.15, 0.2) is 24.3 Å². The zero-order valence-corrected chi connectivity index (χ0v) is 16.1. The average molecular weight is 409 g/mol. The van der Waals surface area contributed by atoms with Crippen molar-refractivity contribution >= 4 is 29.2 Å². The van der Waals surface area contributed by atoms with Gasteiger partial charge in [0.05, 0.1) is 37.2 Å². The lowest BCUT2D eigenvalue weighted by molar-refractivity contribution is -0.159. The van der Waals surface area contributed by atoms with E-state index >= 15 is 0 Å². The van der Waals surface area contributed by atoms with E-state index in [1.165, 1.54) is 0 Å². The van der Waals surface area contributed by atoms with E-state index in [1.807, 2.05) is 24.3 Å². The number of benzene rings is 1. The first kappa shape index (κ1) is 22.6. The Morgan fingerprint density at radius 2 is 1.76 bits per heavy atom. The molecule has 0 radical (unpaired) electrons. The van der Waals surface area contributed by atoms with Crippen molar-refractivity contribution < 1.29 is 34.1 Å². The summed E-state index contributed by atoms with van der Waals surface area (Å²) in [6.07, 6.45) is 2.45. The van der Waals surface area contributed by atoms with E-state index in [1.54, 1.807) is 0 Å². The number of amides is 1. The standard InChI is InChI=1S/C17H25N3O3.C2H2O4/c21-17(13-18-12-14-4-3-9-23-14)19-15-5-1-2-6-16(15)20-7-10-22-11-8-20;3-1(4)2(5)6/h1-2,5-6,14,18H,3-4,7-13H2,(H,19,21);(H,3,4)(H,5,6). The molecule has 0 aromatic heterocycles. The molecule has 2 heterocycles. The number of aliphatic carboxylic acids is 2. The molecule has 4 N–H and O–H groups in total. The van der Waals surface area contributed by atoms with E-state index in [0.717, 1.165) is 63.7 Å². The lowest BCUT2D eigenvalue weighted by atomic mass is 10.2. The third-order valence-electron chi connectivity index (χ3n) is 4.39. The number of carbonyl (C=O) groups is 3. The first-order valence-corrected chi connectivity index (χ1v) is 9.47. The minimum Gasteiger partial charge on any atom is -0.473 e. The van der Waals surface area contributed by atoms with E-state index in [2.05, 4.69) is 15.5 Å².